The van der Waals surface area contributed by atoms with E-state index in [0.717, 1.165) is 35.7 Å². The number of hydrogen-bond acceptors (Lipinski definition) is 4. The summed E-state index contributed by atoms with van der Waals surface area (Å²) in [6.07, 6.45) is 1.26. The quantitative estimate of drug-likeness (QED) is 0.836. The third kappa shape index (κ3) is 4.55. The second-order valence-corrected chi connectivity index (χ2v) is 7.27. The van der Waals surface area contributed by atoms with E-state index in [9.17, 15) is 9.59 Å². The summed E-state index contributed by atoms with van der Waals surface area (Å²) >= 11 is 0. The Bertz CT molecular complexity index is 873. The van der Waals surface area contributed by atoms with Crippen LogP contribution in [0.5, 0.6) is 5.75 Å². The van der Waals surface area contributed by atoms with E-state index in [1.807, 2.05) is 49.1 Å². The number of aryl methyl sites for hydroxylation is 1. The van der Waals surface area contributed by atoms with Crippen LogP contribution < -0.4 is 10.1 Å². The van der Waals surface area contributed by atoms with Crippen LogP contribution in [0, 0.1) is 13.8 Å². The van der Waals surface area contributed by atoms with Gasteiger partial charge in [-0.15, -0.1) is 0 Å². The number of carbonyl (C=O) groups excluding carboxylic acids is 2. The zero-order valence-corrected chi connectivity index (χ0v) is 17.5. The van der Waals surface area contributed by atoms with Crippen LogP contribution in [-0.2, 0) is 4.74 Å². The van der Waals surface area contributed by atoms with Crippen molar-refractivity contribution in [3.05, 3.63) is 47.3 Å². The van der Waals surface area contributed by atoms with Gasteiger partial charge < -0.3 is 24.3 Å². The maximum absolute atomic E-state index is 13.2. The Morgan fingerprint density at radius 1 is 1.21 bits per heavy atom. The number of likely N-dealkylation sites (tertiary alicyclic amines) is 1. The van der Waals surface area contributed by atoms with Gasteiger partial charge in [0, 0.05) is 36.2 Å². The lowest BCUT2D eigenvalue weighted by Gasteiger charge is -2.33. The van der Waals surface area contributed by atoms with Crippen molar-refractivity contribution in [2.24, 2.45) is 0 Å². The third-order valence-corrected chi connectivity index (χ3v) is 5.30. The van der Waals surface area contributed by atoms with Gasteiger partial charge >= 0.3 is 6.09 Å². The van der Waals surface area contributed by atoms with Crippen molar-refractivity contribution in [3.8, 4) is 11.4 Å². The number of nitrogens with zero attached hydrogens (tertiary/aromatic N) is 2. The van der Waals surface area contributed by atoms with Crippen LogP contribution in [0.4, 0.5) is 4.79 Å². The molecule has 0 aliphatic carbocycles. The van der Waals surface area contributed by atoms with Crippen LogP contribution in [-0.4, -0.2) is 54.3 Å². The molecular formula is C22H29N3O4. The second kappa shape index (κ2) is 9.03. The predicted molar refractivity (Wildman–Crippen MR) is 111 cm³/mol. The van der Waals surface area contributed by atoms with Crippen LogP contribution in [0.1, 0.15) is 41.5 Å². The smallest absolute Gasteiger partial charge is 0.407 e. The number of alkyl carbamates (subject to hydrolysis) is 1. The van der Waals surface area contributed by atoms with Crippen LogP contribution in [0.15, 0.2) is 30.3 Å². The van der Waals surface area contributed by atoms with E-state index in [1.165, 1.54) is 0 Å². The van der Waals surface area contributed by atoms with Crippen molar-refractivity contribution in [1.82, 2.24) is 14.8 Å². The molecule has 1 N–H and O–H groups in total. The Balaban J connectivity index is 1.78. The van der Waals surface area contributed by atoms with Gasteiger partial charge in [-0.3, -0.25) is 4.79 Å². The first-order valence-corrected chi connectivity index (χ1v) is 10.0. The fourth-order valence-corrected chi connectivity index (χ4v) is 3.90. The summed E-state index contributed by atoms with van der Waals surface area (Å²) in [5.74, 6) is 0.786. The number of aromatic nitrogens is 1. The molecule has 2 heterocycles. The Morgan fingerprint density at radius 2 is 1.93 bits per heavy atom. The zero-order chi connectivity index (χ0) is 21.0. The predicted octanol–water partition coefficient (Wildman–Crippen LogP) is 3.45. The summed E-state index contributed by atoms with van der Waals surface area (Å²) in [4.78, 5) is 26.8. The maximum Gasteiger partial charge on any atom is 0.407 e. The summed E-state index contributed by atoms with van der Waals surface area (Å²) in [5, 5.41) is 2.85. The molecule has 7 heteroatoms. The van der Waals surface area contributed by atoms with E-state index in [-0.39, 0.29) is 11.9 Å². The van der Waals surface area contributed by atoms with Gasteiger partial charge in [0.25, 0.3) is 5.91 Å². The molecule has 7 nitrogen and oxygen atoms in total. The molecule has 1 atom stereocenters. The van der Waals surface area contributed by atoms with Gasteiger partial charge in [0.2, 0.25) is 0 Å². The molecule has 0 radical (unpaired) electrons. The molecule has 1 aromatic heterocycles. The highest BCUT2D eigenvalue weighted by Gasteiger charge is 2.28. The molecule has 0 spiro atoms. The van der Waals surface area contributed by atoms with Crippen LogP contribution >= 0.6 is 0 Å². The minimum Gasteiger partial charge on any atom is -0.497 e. The van der Waals surface area contributed by atoms with Gasteiger partial charge in [-0.05, 0) is 63.9 Å². The lowest BCUT2D eigenvalue weighted by Crippen LogP contribution is -2.49. The first kappa shape index (κ1) is 20.8. The minimum absolute atomic E-state index is 0.00628. The van der Waals surface area contributed by atoms with E-state index >= 15 is 0 Å². The molecule has 3 rings (SSSR count). The number of carbonyl (C=O) groups is 2. The number of amides is 2. The molecule has 1 fully saturated rings. The zero-order valence-electron chi connectivity index (χ0n) is 17.5. The average molecular weight is 399 g/mol. The first-order chi connectivity index (χ1) is 13.9. The van der Waals surface area contributed by atoms with Gasteiger partial charge in [0.1, 0.15) is 5.75 Å². The van der Waals surface area contributed by atoms with Gasteiger partial charge in [-0.1, -0.05) is 0 Å². The molecule has 29 heavy (non-hydrogen) atoms. The molecule has 1 unspecified atom stereocenters. The summed E-state index contributed by atoms with van der Waals surface area (Å²) < 4.78 is 12.3. The molecule has 1 aliphatic heterocycles. The number of piperidine rings is 1. The highest BCUT2D eigenvalue weighted by atomic mass is 16.5. The molecule has 1 aliphatic rings. The topological polar surface area (TPSA) is 72.8 Å². The monoisotopic (exact) mass is 399 g/mol. The van der Waals surface area contributed by atoms with Crippen LogP contribution in [0.3, 0.4) is 0 Å². The molecule has 2 aromatic rings. The molecule has 1 saturated heterocycles. The molecule has 2 amide bonds. The Morgan fingerprint density at radius 3 is 2.59 bits per heavy atom. The Labute approximate surface area is 171 Å². The number of benzene rings is 1. The molecule has 0 saturated carbocycles. The highest BCUT2D eigenvalue weighted by molar-refractivity contribution is 5.96. The van der Waals surface area contributed by atoms with Gasteiger partial charge in [0.15, 0.2) is 0 Å². The second-order valence-electron chi connectivity index (χ2n) is 7.27. The van der Waals surface area contributed by atoms with E-state index in [4.69, 9.17) is 9.47 Å². The Hall–Kier alpha value is -2.96. The fourth-order valence-electron chi connectivity index (χ4n) is 3.90. The van der Waals surface area contributed by atoms with E-state index < -0.39 is 6.09 Å². The standard InChI is InChI=1S/C22H29N3O4/c1-5-29-22(27)23-17-7-6-12-24(14-17)21(26)20-13-15(2)25(16(20)3)18-8-10-19(28-4)11-9-18/h8-11,13,17H,5-7,12,14H2,1-4H3,(H,23,27). The van der Waals surface area contributed by atoms with Crippen molar-refractivity contribution in [1.29, 1.82) is 0 Å². The fraction of sp³-hybridized carbons (Fsp3) is 0.455. The molecular weight excluding hydrogens is 370 g/mol. The summed E-state index contributed by atoms with van der Waals surface area (Å²) in [7, 11) is 1.64. The average Bonchev–Trinajstić information content (AvgIpc) is 3.02. The number of ether oxygens (including phenoxy) is 2. The van der Waals surface area contributed by atoms with E-state index in [1.54, 1.807) is 14.0 Å². The number of rotatable bonds is 5. The Kier molecular flexibility index (Phi) is 6.46. The maximum atomic E-state index is 13.2. The minimum atomic E-state index is -0.426. The first-order valence-electron chi connectivity index (χ1n) is 10.0. The van der Waals surface area contributed by atoms with Crippen molar-refractivity contribution < 1.29 is 19.1 Å². The molecule has 0 bridgehead atoms. The molecule has 1 aromatic carbocycles. The van der Waals surface area contributed by atoms with Crippen LogP contribution in [0.2, 0.25) is 0 Å². The number of hydrogen-bond donors (Lipinski definition) is 1. The molecule has 156 valence electrons. The van der Waals surface area contributed by atoms with Gasteiger partial charge in [-0.25, -0.2) is 4.79 Å². The number of methoxy groups -OCH3 is 1. The largest absolute Gasteiger partial charge is 0.497 e. The SMILES string of the molecule is CCOC(=O)NC1CCCN(C(=O)c2cc(C)n(-c3ccc(OC)cc3)c2C)C1. The van der Waals surface area contributed by atoms with Crippen molar-refractivity contribution >= 4 is 12.0 Å². The van der Waals surface area contributed by atoms with Crippen molar-refractivity contribution in [2.45, 2.75) is 39.7 Å². The highest BCUT2D eigenvalue weighted by Crippen LogP contribution is 2.24. The lowest BCUT2D eigenvalue weighted by molar-refractivity contribution is 0.0685. The van der Waals surface area contributed by atoms with Gasteiger partial charge in [0.05, 0.1) is 19.3 Å². The van der Waals surface area contributed by atoms with Gasteiger partial charge in [-0.2, -0.15) is 0 Å². The van der Waals surface area contributed by atoms with Crippen LogP contribution in [0.25, 0.3) is 5.69 Å². The van der Waals surface area contributed by atoms with E-state index in [0.29, 0.717) is 25.3 Å². The van der Waals surface area contributed by atoms with Crippen molar-refractivity contribution in [3.63, 3.8) is 0 Å². The summed E-state index contributed by atoms with van der Waals surface area (Å²) in [5.41, 5.74) is 3.57. The van der Waals surface area contributed by atoms with Crippen molar-refractivity contribution in [2.75, 3.05) is 26.8 Å². The normalized spacial score (nSPS) is 16.4. The number of nitrogens with one attached hydrogen (secondary N) is 1. The lowest BCUT2D eigenvalue weighted by atomic mass is 10.0. The summed E-state index contributed by atoms with van der Waals surface area (Å²) in [6.45, 7) is 7.24. The van der Waals surface area contributed by atoms with E-state index in [2.05, 4.69) is 9.88 Å². The summed E-state index contributed by atoms with van der Waals surface area (Å²) in [6, 6.07) is 9.62. The third-order valence-electron chi connectivity index (χ3n) is 5.30.